The fourth-order valence-corrected chi connectivity index (χ4v) is 5.42. The Morgan fingerprint density at radius 3 is 1.55 bits per heavy atom. The van der Waals surface area contributed by atoms with E-state index in [4.69, 9.17) is 0 Å². The molecule has 0 bridgehead atoms. The van der Waals surface area contributed by atoms with Crippen LogP contribution in [-0.2, 0) is 9.59 Å². The molecule has 0 aromatic rings. The van der Waals surface area contributed by atoms with Gasteiger partial charge in [0, 0.05) is 0 Å². The Morgan fingerprint density at radius 2 is 1.14 bits per heavy atom. The summed E-state index contributed by atoms with van der Waals surface area (Å²) in [5.74, 6) is -0.957. The zero-order valence-electron chi connectivity index (χ0n) is 19.3. The average Bonchev–Trinajstić information content (AvgIpc) is 2.67. The predicted octanol–water partition coefficient (Wildman–Crippen LogP) is 7.45. The van der Waals surface area contributed by atoms with Crippen molar-refractivity contribution >= 4 is 11.9 Å². The van der Waals surface area contributed by atoms with Crippen molar-refractivity contribution in [3.05, 3.63) is 0 Å². The second-order valence-corrected chi connectivity index (χ2v) is 9.85. The van der Waals surface area contributed by atoms with E-state index in [-0.39, 0.29) is 0 Å². The topological polar surface area (TPSA) is 74.6 Å². The molecule has 29 heavy (non-hydrogen) atoms. The summed E-state index contributed by atoms with van der Waals surface area (Å²) in [4.78, 5) is 24.8. The van der Waals surface area contributed by atoms with Crippen molar-refractivity contribution < 1.29 is 19.8 Å². The van der Waals surface area contributed by atoms with E-state index in [1.165, 1.54) is 38.5 Å². The van der Waals surface area contributed by atoms with Crippen LogP contribution in [-0.4, -0.2) is 22.2 Å². The molecule has 0 heterocycles. The number of carboxylic acid groups (broad SMARTS) is 2. The maximum atomic E-state index is 12.4. The van der Waals surface area contributed by atoms with Crippen LogP contribution in [0, 0.1) is 16.7 Å². The second-order valence-electron chi connectivity index (χ2n) is 9.85. The normalized spacial score (nSPS) is 24.7. The number of aliphatic carboxylic acids is 2. The molecule has 0 radical (unpaired) electrons. The van der Waals surface area contributed by atoms with Crippen LogP contribution in [0.3, 0.4) is 0 Å². The number of rotatable bonds is 16. The van der Waals surface area contributed by atoms with Crippen LogP contribution in [0.4, 0.5) is 0 Å². The van der Waals surface area contributed by atoms with E-state index < -0.39 is 22.8 Å². The Kier molecular flexibility index (Phi) is 11.9. The molecule has 1 rings (SSSR count). The zero-order valence-corrected chi connectivity index (χ0v) is 19.3. The molecule has 170 valence electrons. The summed E-state index contributed by atoms with van der Waals surface area (Å²) in [5, 5.41) is 20.3. The Balaban J connectivity index is 2.53. The van der Waals surface area contributed by atoms with Gasteiger partial charge in [-0.2, -0.15) is 0 Å². The van der Waals surface area contributed by atoms with Crippen molar-refractivity contribution in [2.75, 3.05) is 0 Å². The van der Waals surface area contributed by atoms with Gasteiger partial charge in [0.1, 0.15) is 0 Å². The Hall–Kier alpha value is -1.06. The van der Waals surface area contributed by atoms with Crippen LogP contribution in [0.5, 0.6) is 0 Å². The molecule has 0 aliphatic heterocycles. The first kappa shape index (κ1) is 26.0. The summed E-state index contributed by atoms with van der Waals surface area (Å²) in [5.41, 5.74) is -2.16. The van der Waals surface area contributed by atoms with E-state index in [1.54, 1.807) is 0 Å². The van der Waals surface area contributed by atoms with Crippen LogP contribution in [0.25, 0.3) is 0 Å². The number of carboxylic acids is 2. The lowest BCUT2D eigenvalue weighted by Crippen LogP contribution is -2.54. The monoisotopic (exact) mass is 410 g/mol. The smallest absolute Gasteiger partial charge is 0.310 e. The maximum absolute atomic E-state index is 12.4. The highest BCUT2D eigenvalue weighted by molar-refractivity contribution is 5.87. The van der Waals surface area contributed by atoms with Crippen molar-refractivity contribution in [2.45, 2.75) is 130 Å². The van der Waals surface area contributed by atoms with Gasteiger partial charge in [0.2, 0.25) is 0 Å². The first-order valence-electron chi connectivity index (χ1n) is 12.3. The number of carbonyl (C=O) groups is 2. The highest BCUT2D eigenvalue weighted by atomic mass is 16.4. The predicted molar refractivity (Wildman–Crippen MR) is 119 cm³/mol. The van der Waals surface area contributed by atoms with E-state index in [0.29, 0.717) is 25.7 Å². The van der Waals surface area contributed by atoms with E-state index >= 15 is 0 Å². The summed E-state index contributed by atoms with van der Waals surface area (Å²) in [6, 6.07) is 0. The molecule has 2 atom stereocenters. The van der Waals surface area contributed by atoms with Gasteiger partial charge in [-0.25, -0.2) is 0 Å². The van der Waals surface area contributed by atoms with Crippen molar-refractivity contribution in [3.63, 3.8) is 0 Å². The van der Waals surface area contributed by atoms with Crippen LogP contribution in [0.15, 0.2) is 0 Å². The third-order valence-corrected chi connectivity index (χ3v) is 7.28. The Morgan fingerprint density at radius 1 is 0.724 bits per heavy atom. The third-order valence-electron chi connectivity index (χ3n) is 7.28. The summed E-state index contributed by atoms with van der Waals surface area (Å²) in [7, 11) is 0. The van der Waals surface area contributed by atoms with Gasteiger partial charge < -0.3 is 10.2 Å². The lowest BCUT2D eigenvalue weighted by atomic mass is 9.52. The number of hydrogen-bond donors (Lipinski definition) is 2. The Labute approximate surface area is 178 Å². The molecule has 1 aliphatic rings. The fraction of sp³-hybridized carbons (Fsp3) is 0.920. The molecule has 1 fully saturated rings. The van der Waals surface area contributed by atoms with Gasteiger partial charge in [-0.05, 0) is 31.6 Å². The SMILES string of the molecule is CCCCC1(C(=O)O)CCCCC1(CCCCCCCCCCC(C)C)C(=O)O. The molecule has 2 unspecified atom stereocenters. The van der Waals surface area contributed by atoms with Crippen molar-refractivity contribution in [2.24, 2.45) is 16.7 Å². The van der Waals surface area contributed by atoms with E-state index in [0.717, 1.165) is 50.9 Å². The van der Waals surface area contributed by atoms with Gasteiger partial charge in [0.25, 0.3) is 0 Å². The minimum absolute atomic E-state index is 0.501. The number of unbranched alkanes of at least 4 members (excludes halogenated alkanes) is 8. The first-order valence-corrected chi connectivity index (χ1v) is 12.3. The molecule has 1 aliphatic carbocycles. The van der Waals surface area contributed by atoms with Gasteiger partial charge in [-0.15, -0.1) is 0 Å². The molecule has 4 nitrogen and oxygen atoms in total. The molecule has 0 aromatic carbocycles. The third kappa shape index (κ3) is 7.29. The van der Waals surface area contributed by atoms with E-state index in [9.17, 15) is 19.8 Å². The van der Waals surface area contributed by atoms with Crippen LogP contribution in [0.2, 0.25) is 0 Å². The van der Waals surface area contributed by atoms with E-state index in [2.05, 4.69) is 13.8 Å². The molecule has 0 spiro atoms. The van der Waals surface area contributed by atoms with Crippen LogP contribution < -0.4 is 0 Å². The second kappa shape index (κ2) is 13.3. The van der Waals surface area contributed by atoms with Gasteiger partial charge in [0.15, 0.2) is 0 Å². The van der Waals surface area contributed by atoms with Crippen molar-refractivity contribution in [1.82, 2.24) is 0 Å². The molecule has 2 N–H and O–H groups in total. The highest BCUT2D eigenvalue weighted by Gasteiger charge is 2.61. The molecule has 0 aromatic heterocycles. The zero-order chi connectivity index (χ0) is 21.8. The summed E-state index contributed by atoms with van der Waals surface area (Å²) < 4.78 is 0. The number of hydrogen-bond acceptors (Lipinski definition) is 2. The molecular formula is C25H46O4. The largest absolute Gasteiger partial charge is 0.481 e. The van der Waals surface area contributed by atoms with E-state index in [1.807, 2.05) is 6.92 Å². The molecule has 0 saturated heterocycles. The van der Waals surface area contributed by atoms with Gasteiger partial charge in [-0.1, -0.05) is 104 Å². The lowest BCUT2D eigenvalue weighted by molar-refractivity contribution is -0.182. The first-order chi connectivity index (χ1) is 13.8. The molecular weight excluding hydrogens is 364 g/mol. The standard InChI is InChI=1S/C25H46O4/c1-4-5-17-24(22(26)27)19-14-15-20-25(24,23(28)29)18-13-11-9-7-6-8-10-12-16-21(2)3/h21H,4-20H2,1-3H3,(H,26,27)(H,28,29). The Bertz CT molecular complexity index is 487. The van der Waals surface area contributed by atoms with Gasteiger partial charge in [0.05, 0.1) is 10.8 Å². The van der Waals surface area contributed by atoms with Crippen molar-refractivity contribution in [1.29, 1.82) is 0 Å². The van der Waals surface area contributed by atoms with Crippen LogP contribution in [0.1, 0.15) is 130 Å². The quantitative estimate of drug-likeness (QED) is 0.259. The molecule has 4 heteroatoms. The fourth-order valence-electron chi connectivity index (χ4n) is 5.42. The van der Waals surface area contributed by atoms with Crippen molar-refractivity contribution in [3.8, 4) is 0 Å². The maximum Gasteiger partial charge on any atom is 0.310 e. The summed E-state index contributed by atoms with van der Waals surface area (Å²) in [6.07, 6.45) is 16.1. The summed E-state index contributed by atoms with van der Waals surface area (Å²) in [6.45, 7) is 6.60. The lowest BCUT2D eigenvalue weighted by Gasteiger charge is -2.48. The summed E-state index contributed by atoms with van der Waals surface area (Å²) >= 11 is 0. The van der Waals surface area contributed by atoms with Gasteiger partial charge in [-0.3, -0.25) is 9.59 Å². The minimum Gasteiger partial charge on any atom is -0.481 e. The molecule has 0 amide bonds. The highest BCUT2D eigenvalue weighted by Crippen LogP contribution is 2.56. The van der Waals surface area contributed by atoms with Crippen LogP contribution >= 0.6 is 0 Å². The van der Waals surface area contributed by atoms with Gasteiger partial charge >= 0.3 is 11.9 Å². The minimum atomic E-state index is -1.08. The average molecular weight is 411 g/mol. The molecule has 1 saturated carbocycles.